The molecule has 1 fully saturated rings. The third kappa shape index (κ3) is 3.54. The minimum Gasteiger partial charge on any atom is -0.335 e. The molecule has 1 aliphatic heterocycles. The number of nitrogens with zero attached hydrogens (tertiary/aromatic N) is 1. The van der Waals surface area contributed by atoms with Crippen LogP contribution < -0.4 is 5.32 Å². The quantitative estimate of drug-likeness (QED) is 0.807. The number of rotatable bonds is 1. The molecule has 2 aliphatic rings. The molecular weight excluding hydrogens is 297 g/mol. The maximum atomic E-state index is 12.7. The standard InChI is InChI=1S/C15H17F3N2S/c16-15(17,18)11-5-3-6-12(8-11)19-14-20-13-7-2-1-4-10(13)9-21-14/h3,5-6,8,10,13H,1-2,4,7,9H2,(H,19,20). The van der Waals surface area contributed by atoms with Gasteiger partial charge in [-0.05, 0) is 37.0 Å². The summed E-state index contributed by atoms with van der Waals surface area (Å²) in [4.78, 5) is 4.68. The fourth-order valence-corrected chi connectivity index (χ4v) is 4.05. The number of hydrogen-bond donors (Lipinski definition) is 1. The predicted octanol–water partition coefficient (Wildman–Crippen LogP) is 4.78. The van der Waals surface area contributed by atoms with Gasteiger partial charge in [0.05, 0.1) is 11.6 Å². The first-order chi connectivity index (χ1) is 10.0. The molecule has 1 N–H and O–H groups in total. The summed E-state index contributed by atoms with van der Waals surface area (Å²) in [6, 6.07) is 5.62. The minimum atomic E-state index is -4.31. The lowest BCUT2D eigenvalue weighted by Crippen LogP contribution is -2.31. The van der Waals surface area contributed by atoms with E-state index in [4.69, 9.17) is 0 Å². The monoisotopic (exact) mass is 314 g/mol. The van der Waals surface area contributed by atoms with Crippen LogP contribution in [0.5, 0.6) is 0 Å². The zero-order valence-corrected chi connectivity index (χ0v) is 12.3. The van der Waals surface area contributed by atoms with Crippen LogP contribution in [-0.2, 0) is 6.18 Å². The fourth-order valence-electron chi connectivity index (χ4n) is 2.89. The molecule has 1 saturated carbocycles. The van der Waals surface area contributed by atoms with E-state index in [1.54, 1.807) is 17.8 Å². The van der Waals surface area contributed by atoms with Gasteiger partial charge in [-0.1, -0.05) is 30.7 Å². The lowest BCUT2D eigenvalue weighted by molar-refractivity contribution is -0.137. The summed E-state index contributed by atoms with van der Waals surface area (Å²) in [7, 11) is 0. The van der Waals surface area contributed by atoms with Gasteiger partial charge in [0.25, 0.3) is 0 Å². The van der Waals surface area contributed by atoms with E-state index >= 15 is 0 Å². The van der Waals surface area contributed by atoms with E-state index in [2.05, 4.69) is 10.3 Å². The number of benzene rings is 1. The van der Waals surface area contributed by atoms with Crippen LogP contribution in [0.15, 0.2) is 29.3 Å². The Balaban J connectivity index is 1.73. The topological polar surface area (TPSA) is 24.4 Å². The van der Waals surface area contributed by atoms with Crippen LogP contribution >= 0.6 is 11.8 Å². The average molecular weight is 314 g/mol. The van der Waals surface area contributed by atoms with Gasteiger partial charge < -0.3 is 5.32 Å². The Kier molecular flexibility index (Phi) is 4.15. The molecule has 0 bridgehead atoms. The zero-order chi connectivity index (χ0) is 14.9. The first kappa shape index (κ1) is 14.8. The van der Waals surface area contributed by atoms with E-state index in [0.29, 0.717) is 17.6 Å². The van der Waals surface area contributed by atoms with E-state index in [-0.39, 0.29) is 0 Å². The molecular formula is C15H17F3N2S. The molecule has 1 aromatic rings. The van der Waals surface area contributed by atoms with E-state index in [1.165, 1.54) is 25.3 Å². The Bertz CT molecular complexity index is 542. The molecule has 0 amide bonds. The van der Waals surface area contributed by atoms with Crippen molar-refractivity contribution >= 4 is 22.6 Å². The highest BCUT2D eigenvalue weighted by molar-refractivity contribution is 8.14. The van der Waals surface area contributed by atoms with Crippen LogP contribution in [0.1, 0.15) is 31.2 Å². The van der Waals surface area contributed by atoms with Crippen molar-refractivity contribution in [3.8, 4) is 0 Å². The van der Waals surface area contributed by atoms with Crippen molar-refractivity contribution in [2.75, 3.05) is 11.1 Å². The minimum absolute atomic E-state index is 0.341. The van der Waals surface area contributed by atoms with Gasteiger partial charge in [-0.15, -0.1) is 0 Å². The maximum absolute atomic E-state index is 12.7. The number of amidine groups is 1. The van der Waals surface area contributed by atoms with Crippen molar-refractivity contribution < 1.29 is 13.2 Å². The lowest BCUT2D eigenvalue weighted by Gasteiger charge is -2.32. The lowest BCUT2D eigenvalue weighted by atomic mass is 9.86. The van der Waals surface area contributed by atoms with Crippen molar-refractivity contribution in [2.24, 2.45) is 10.9 Å². The number of anilines is 1. The second-order valence-electron chi connectivity index (χ2n) is 5.56. The van der Waals surface area contributed by atoms with Gasteiger partial charge in [0, 0.05) is 11.4 Å². The highest BCUT2D eigenvalue weighted by Crippen LogP contribution is 2.35. The Morgan fingerprint density at radius 2 is 2.00 bits per heavy atom. The molecule has 1 aromatic carbocycles. The van der Waals surface area contributed by atoms with Crippen LogP contribution in [0, 0.1) is 5.92 Å². The highest BCUT2D eigenvalue weighted by Gasteiger charge is 2.31. The van der Waals surface area contributed by atoms with Crippen molar-refractivity contribution in [3.05, 3.63) is 29.8 Å². The van der Waals surface area contributed by atoms with Crippen LogP contribution in [0.4, 0.5) is 18.9 Å². The zero-order valence-electron chi connectivity index (χ0n) is 11.5. The molecule has 0 aromatic heterocycles. The predicted molar refractivity (Wildman–Crippen MR) is 80.7 cm³/mol. The van der Waals surface area contributed by atoms with Crippen LogP contribution in [0.3, 0.4) is 0 Å². The summed E-state index contributed by atoms with van der Waals surface area (Å²) in [5.74, 6) is 1.64. The second-order valence-corrected chi connectivity index (χ2v) is 6.57. The molecule has 21 heavy (non-hydrogen) atoms. The number of fused-ring (bicyclic) bond motifs is 1. The van der Waals surface area contributed by atoms with Crippen LogP contribution in [0.2, 0.25) is 0 Å². The Morgan fingerprint density at radius 1 is 1.19 bits per heavy atom. The molecule has 1 heterocycles. The molecule has 114 valence electrons. The Labute approximate surface area is 126 Å². The van der Waals surface area contributed by atoms with E-state index in [9.17, 15) is 13.2 Å². The van der Waals surface area contributed by atoms with Gasteiger partial charge in [0.2, 0.25) is 0 Å². The molecule has 0 spiro atoms. The normalized spacial score (nSPS) is 26.0. The number of nitrogens with one attached hydrogen (secondary N) is 1. The Hall–Kier alpha value is -1.17. The van der Waals surface area contributed by atoms with Gasteiger partial charge in [0.1, 0.15) is 0 Å². The van der Waals surface area contributed by atoms with Gasteiger partial charge in [-0.2, -0.15) is 13.2 Å². The van der Waals surface area contributed by atoms with Gasteiger partial charge in [0.15, 0.2) is 5.17 Å². The van der Waals surface area contributed by atoms with Crippen LogP contribution in [0.25, 0.3) is 0 Å². The third-order valence-electron chi connectivity index (χ3n) is 4.03. The summed E-state index contributed by atoms with van der Waals surface area (Å²) >= 11 is 1.61. The number of thioether (sulfide) groups is 1. The van der Waals surface area contributed by atoms with Crippen molar-refractivity contribution in [3.63, 3.8) is 0 Å². The summed E-state index contributed by atoms with van der Waals surface area (Å²) in [6.07, 6.45) is 0.477. The molecule has 2 atom stereocenters. The van der Waals surface area contributed by atoms with E-state index in [1.807, 2.05) is 0 Å². The first-order valence-electron chi connectivity index (χ1n) is 7.17. The number of hydrogen-bond acceptors (Lipinski definition) is 3. The number of aliphatic imine (C=N–C) groups is 1. The maximum Gasteiger partial charge on any atom is 0.416 e. The summed E-state index contributed by atoms with van der Waals surface area (Å²) < 4.78 is 38.1. The molecule has 2 unspecified atom stereocenters. The summed E-state index contributed by atoms with van der Waals surface area (Å²) in [5.41, 5.74) is -0.185. The van der Waals surface area contributed by atoms with Gasteiger partial charge in [-0.25, -0.2) is 0 Å². The summed E-state index contributed by atoms with van der Waals surface area (Å²) in [6.45, 7) is 0. The molecule has 1 aliphatic carbocycles. The third-order valence-corrected chi connectivity index (χ3v) is 5.10. The average Bonchev–Trinajstić information content (AvgIpc) is 2.46. The first-order valence-corrected chi connectivity index (χ1v) is 8.16. The molecule has 0 radical (unpaired) electrons. The highest BCUT2D eigenvalue weighted by atomic mass is 32.2. The summed E-state index contributed by atoms with van der Waals surface area (Å²) in [5, 5.41) is 3.79. The molecule has 3 rings (SSSR count). The second kappa shape index (κ2) is 5.91. The largest absolute Gasteiger partial charge is 0.416 e. The SMILES string of the molecule is FC(F)(F)c1cccc(NC2=NC3CCCCC3CS2)c1. The molecule has 0 saturated heterocycles. The Morgan fingerprint density at radius 3 is 2.81 bits per heavy atom. The number of halogens is 3. The van der Waals surface area contributed by atoms with Gasteiger partial charge >= 0.3 is 6.18 Å². The molecule has 2 nitrogen and oxygen atoms in total. The van der Waals surface area contributed by atoms with E-state index < -0.39 is 11.7 Å². The van der Waals surface area contributed by atoms with Gasteiger partial charge in [-0.3, -0.25) is 4.99 Å². The number of alkyl halides is 3. The van der Waals surface area contributed by atoms with Crippen molar-refractivity contribution in [1.82, 2.24) is 0 Å². The molecule has 6 heteroatoms. The van der Waals surface area contributed by atoms with Crippen LogP contribution in [-0.4, -0.2) is 17.0 Å². The fraction of sp³-hybridized carbons (Fsp3) is 0.533. The van der Waals surface area contributed by atoms with Crippen molar-refractivity contribution in [1.29, 1.82) is 0 Å². The van der Waals surface area contributed by atoms with Crippen molar-refractivity contribution in [2.45, 2.75) is 37.9 Å². The smallest absolute Gasteiger partial charge is 0.335 e. The van der Waals surface area contributed by atoms with E-state index in [0.717, 1.165) is 29.5 Å².